The van der Waals surface area contributed by atoms with Gasteiger partial charge in [0, 0.05) is 6.42 Å². The molecule has 0 aromatic rings. The van der Waals surface area contributed by atoms with Crippen LogP contribution in [0, 0.1) is 0 Å². The molecule has 0 saturated carbocycles. The standard InChI is InChI=1S/C54H93NO5/c1-4-7-10-13-16-19-21-23-25-26-27-28-30-32-35-38-41-44-47-54(59)60-50(45-42-39-36-34-31-29-24-22-20-17-14-11-8-5-2)48-53(58)55-51(49-56)52(57)46-43-40-37-33-18-15-12-9-6-3/h8,11,16-17,19-21,23-29,50-52,56-57H,4-7,9-10,12-15,18,22,30-49H2,1-3H3,(H,55,58)/b11-8+,19-16+,20-17+,23-21+,26-25+,28-27+,29-24+. The van der Waals surface area contributed by atoms with Gasteiger partial charge in [-0.1, -0.05) is 209 Å². The second-order valence-corrected chi connectivity index (χ2v) is 16.6. The Labute approximate surface area is 370 Å². The Morgan fingerprint density at radius 3 is 1.55 bits per heavy atom. The Hall–Kier alpha value is -2.96. The van der Waals surface area contributed by atoms with E-state index in [0.29, 0.717) is 19.3 Å². The highest BCUT2D eigenvalue weighted by Crippen LogP contribution is 2.17. The number of ether oxygens (including phenoxy) is 1. The molecule has 0 spiro atoms. The molecule has 0 fully saturated rings. The minimum Gasteiger partial charge on any atom is -0.462 e. The van der Waals surface area contributed by atoms with Crippen molar-refractivity contribution >= 4 is 11.9 Å². The number of rotatable bonds is 43. The summed E-state index contributed by atoms with van der Waals surface area (Å²) in [6.45, 7) is 6.29. The largest absolute Gasteiger partial charge is 0.462 e. The SMILES string of the molecule is CC/C=C/C/C=C/C/C=C/CCCCCCC(CC(=O)NC(CO)C(O)CCCCCCCCCCC)OC(=O)CCCCCCC/C=C/C=C/C=C/C=C/CCCCC. The molecule has 0 aliphatic heterocycles. The van der Waals surface area contributed by atoms with Crippen molar-refractivity contribution in [2.45, 2.75) is 238 Å². The van der Waals surface area contributed by atoms with Gasteiger partial charge in [0.15, 0.2) is 0 Å². The summed E-state index contributed by atoms with van der Waals surface area (Å²) >= 11 is 0. The molecule has 0 aromatic carbocycles. The lowest BCUT2D eigenvalue weighted by molar-refractivity contribution is -0.151. The van der Waals surface area contributed by atoms with Gasteiger partial charge in [-0.15, -0.1) is 0 Å². The van der Waals surface area contributed by atoms with Crippen LogP contribution in [0.3, 0.4) is 0 Å². The fourth-order valence-electron chi connectivity index (χ4n) is 7.04. The summed E-state index contributed by atoms with van der Waals surface area (Å²) in [4.78, 5) is 26.1. The minimum absolute atomic E-state index is 0.0483. The van der Waals surface area contributed by atoms with Gasteiger partial charge in [0.2, 0.25) is 5.91 Å². The summed E-state index contributed by atoms with van der Waals surface area (Å²) in [6, 6.07) is -0.717. The Kier molecular flexibility index (Phi) is 44.8. The first-order valence-corrected chi connectivity index (χ1v) is 24.9. The van der Waals surface area contributed by atoms with E-state index in [2.05, 4.69) is 111 Å². The quantitative estimate of drug-likeness (QED) is 0.0246. The number of amides is 1. The van der Waals surface area contributed by atoms with E-state index < -0.39 is 18.2 Å². The second kappa shape index (κ2) is 47.1. The van der Waals surface area contributed by atoms with E-state index in [1.54, 1.807) is 0 Å². The smallest absolute Gasteiger partial charge is 0.306 e. The van der Waals surface area contributed by atoms with Gasteiger partial charge in [0.25, 0.3) is 0 Å². The molecule has 344 valence electrons. The van der Waals surface area contributed by atoms with Crippen LogP contribution in [0.2, 0.25) is 0 Å². The van der Waals surface area contributed by atoms with Crippen LogP contribution in [0.5, 0.6) is 0 Å². The Balaban J connectivity index is 4.68. The molecule has 0 heterocycles. The van der Waals surface area contributed by atoms with E-state index in [-0.39, 0.29) is 24.9 Å². The molecule has 60 heavy (non-hydrogen) atoms. The Bertz CT molecular complexity index is 1160. The lowest BCUT2D eigenvalue weighted by Gasteiger charge is -2.24. The van der Waals surface area contributed by atoms with Crippen molar-refractivity contribution in [1.29, 1.82) is 0 Å². The average Bonchev–Trinajstić information content (AvgIpc) is 3.24. The number of allylic oxidation sites excluding steroid dienone is 14. The summed E-state index contributed by atoms with van der Waals surface area (Å²) in [6.07, 6.45) is 60.7. The van der Waals surface area contributed by atoms with Crippen LogP contribution >= 0.6 is 0 Å². The molecule has 3 unspecified atom stereocenters. The van der Waals surface area contributed by atoms with Crippen LogP contribution < -0.4 is 5.32 Å². The summed E-state index contributed by atoms with van der Waals surface area (Å²) in [7, 11) is 0. The van der Waals surface area contributed by atoms with Crippen molar-refractivity contribution in [3.05, 3.63) is 85.1 Å². The van der Waals surface area contributed by atoms with Gasteiger partial charge in [0.1, 0.15) is 6.10 Å². The Morgan fingerprint density at radius 1 is 0.517 bits per heavy atom. The van der Waals surface area contributed by atoms with E-state index in [9.17, 15) is 19.8 Å². The summed E-state index contributed by atoms with van der Waals surface area (Å²) in [5.41, 5.74) is 0. The molecule has 0 aliphatic carbocycles. The zero-order chi connectivity index (χ0) is 43.8. The molecule has 6 heteroatoms. The van der Waals surface area contributed by atoms with Gasteiger partial charge in [-0.25, -0.2) is 0 Å². The fraction of sp³-hybridized carbons (Fsp3) is 0.704. The molecular weight excluding hydrogens is 743 g/mol. The molecule has 0 rings (SSSR count). The minimum atomic E-state index is -0.801. The molecule has 0 aliphatic rings. The Morgan fingerprint density at radius 2 is 0.967 bits per heavy atom. The van der Waals surface area contributed by atoms with E-state index in [1.165, 1.54) is 57.8 Å². The zero-order valence-corrected chi connectivity index (χ0v) is 39.1. The second-order valence-electron chi connectivity index (χ2n) is 16.6. The molecule has 6 nitrogen and oxygen atoms in total. The van der Waals surface area contributed by atoms with Crippen LogP contribution in [0.4, 0.5) is 0 Å². The van der Waals surface area contributed by atoms with Gasteiger partial charge < -0.3 is 20.3 Å². The first-order valence-electron chi connectivity index (χ1n) is 24.9. The topological polar surface area (TPSA) is 95.9 Å². The van der Waals surface area contributed by atoms with Crippen molar-refractivity contribution in [3.8, 4) is 0 Å². The number of hydrogen-bond acceptors (Lipinski definition) is 5. The van der Waals surface area contributed by atoms with Crippen molar-refractivity contribution in [3.63, 3.8) is 0 Å². The predicted molar refractivity (Wildman–Crippen MR) is 259 cm³/mol. The lowest BCUT2D eigenvalue weighted by atomic mass is 10.0. The summed E-state index contributed by atoms with van der Waals surface area (Å²) in [5, 5.41) is 23.6. The number of nitrogens with one attached hydrogen (secondary N) is 1. The van der Waals surface area contributed by atoms with Crippen LogP contribution in [-0.4, -0.2) is 46.9 Å². The number of hydrogen-bond donors (Lipinski definition) is 3. The maximum atomic E-state index is 13.2. The summed E-state index contributed by atoms with van der Waals surface area (Å²) in [5.74, 6) is -0.530. The van der Waals surface area contributed by atoms with Crippen LogP contribution in [-0.2, 0) is 14.3 Å². The van der Waals surface area contributed by atoms with E-state index in [0.717, 1.165) is 116 Å². The van der Waals surface area contributed by atoms with Crippen molar-refractivity contribution in [2.24, 2.45) is 0 Å². The first-order chi connectivity index (χ1) is 29.5. The highest BCUT2D eigenvalue weighted by atomic mass is 16.5. The molecular formula is C54H93NO5. The van der Waals surface area contributed by atoms with Gasteiger partial charge >= 0.3 is 5.97 Å². The average molecular weight is 836 g/mol. The molecule has 0 radical (unpaired) electrons. The predicted octanol–water partition coefficient (Wildman–Crippen LogP) is 14.8. The molecule has 1 amide bonds. The third-order valence-corrected chi connectivity index (χ3v) is 10.8. The van der Waals surface area contributed by atoms with Crippen molar-refractivity contribution in [2.75, 3.05) is 6.61 Å². The van der Waals surface area contributed by atoms with Crippen LogP contribution in [0.1, 0.15) is 220 Å². The normalized spacial score (nSPS) is 14.0. The van der Waals surface area contributed by atoms with Gasteiger partial charge in [-0.05, 0) is 83.5 Å². The monoisotopic (exact) mass is 836 g/mol. The third kappa shape index (κ3) is 41.8. The zero-order valence-electron chi connectivity index (χ0n) is 39.1. The molecule has 3 atom stereocenters. The lowest BCUT2D eigenvalue weighted by Crippen LogP contribution is -2.46. The summed E-state index contributed by atoms with van der Waals surface area (Å²) < 4.78 is 5.91. The third-order valence-electron chi connectivity index (χ3n) is 10.8. The van der Waals surface area contributed by atoms with E-state index in [4.69, 9.17) is 4.74 Å². The molecule has 0 saturated heterocycles. The first kappa shape index (κ1) is 57.0. The number of carbonyl (C=O) groups excluding carboxylic acids is 2. The highest BCUT2D eigenvalue weighted by molar-refractivity contribution is 5.77. The molecule has 0 aromatic heterocycles. The van der Waals surface area contributed by atoms with Crippen molar-refractivity contribution in [1.82, 2.24) is 5.32 Å². The number of esters is 1. The highest BCUT2D eigenvalue weighted by Gasteiger charge is 2.24. The van der Waals surface area contributed by atoms with Crippen molar-refractivity contribution < 1.29 is 24.5 Å². The molecule has 0 bridgehead atoms. The van der Waals surface area contributed by atoms with Gasteiger partial charge in [0.05, 0.1) is 25.2 Å². The van der Waals surface area contributed by atoms with Gasteiger partial charge in [-0.2, -0.15) is 0 Å². The molecule has 3 N–H and O–H groups in total. The van der Waals surface area contributed by atoms with E-state index >= 15 is 0 Å². The van der Waals surface area contributed by atoms with Crippen LogP contribution in [0.15, 0.2) is 85.1 Å². The van der Waals surface area contributed by atoms with Gasteiger partial charge in [-0.3, -0.25) is 9.59 Å². The number of carbonyl (C=O) groups is 2. The fourth-order valence-corrected chi connectivity index (χ4v) is 7.04. The maximum Gasteiger partial charge on any atom is 0.306 e. The number of unbranched alkanes of at least 4 members (excludes halogenated alkanes) is 20. The van der Waals surface area contributed by atoms with E-state index in [1.807, 2.05) is 0 Å². The number of aliphatic hydroxyl groups excluding tert-OH is 2. The van der Waals surface area contributed by atoms with Crippen LogP contribution in [0.25, 0.3) is 0 Å². The maximum absolute atomic E-state index is 13.2. The number of aliphatic hydroxyl groups is 2.